The molecule has 1 saturated heterocycles. The van der Waals surface area contributed by atoms with Crippen molar-refractivity contribution < 1.29 is 23.1 Å². The summed E-state index contributed by atoms with van der Waals surface area (Å²) in [5.41, 5.74) is -0.153. The number of carbonyl (C=O) groups excluding carboxylic acids is 1. The maximum absolute atomic E-state index is 12.4. The summed E-state index contributed by atoms with van der Waals surface area (Å²) in [6.45, 7) is 0.854. The smallest absolute Gasteiger partial charge is 0.317 e. The fourth-order valence-corrected chi connectivity index (χ4v) is 4.82. The molecule has 2 amide bonds. The zero-order valence-electron chi connectivity index (χ0n) is 14.6. The number of nitrogens with zero attached hydrogens (tertiary/aromatic N) is 1. The number of carboxylic acids is 1. The van der Waals surface area contributed by atoms with E-state index in [4.69, 9.17) is 0 Å². The van der Waals surface area contributed by atoms with Crippen LogP contribution in [0, 0.1) is 11.3 Å². The summed E-state index contributed by atoms with van der Waals surface area (Å²) in [6, 6.07) is 6.01. The Morgan fingerprint density at radius 3 is 2.81 bits per heavy atom. The summed E-state index contributed by atoms with van der Waals surface area (Å²) in [4.78, 5) is 25.8. The summed E-state index contributed by atoms with van der Waals surface area (Å²) < 4.78 is 26.0. The van der Waals surface area contributed by atoms with E-state index in [1.807, 2.05) is 0 Å². The Morgan fingerprint density at radius 2 is 2.15 bits per heavy atom. The predicted molar refractivity (Wildman–Crippen MR) is 93.9 cm³/mol. The highest BCUT2D eigenvalue weighted by atomic mass is 32.2. The zero-order chi connectivity index (χ0) is 18.9. The molecule has 1 aliphatic carbocycles. The summed E-state index contributed by atoms with van der Waals surface area (Å²) in [5, 5.41) is 12.4. The van der Waals surface area contributed by atoms with Gasteiger partial charge in [0, 0.05) is 19.6 Å². The van der Waals surface area contributed by atoms with Crippen molar-refractivity contribution in [3.8, 4) is 0 Å². The van der Waals surface area contributed by atoms with Gasteiger partial charge >= 0.3 is 12.0 Å². The first-order valence-electron chi connectivity index (χ1n) is 8.57. The van der Waals surface area contributed by atoms with E-state index in [2.05, 4.69) is 10.0 Å². The first-order valence-corrected chi connectivity index (χ1v) is 10.1. The van der Waals surface area contributed by atoms with Gasteiger partial charge in [0.05, 0.1) is 10.3 Å². The molecule has 1 aliphatic heterocycles. The molecule has 0 radical (unpaired) electrons. The van der Waals surface area contributed by atoms with E-state index in [1.165, 1.54) is 19.2 Å². The first kappa shape index (κ1) is 18.7. The Morgan fingerprint density at radius 1 is 1.38 bits per heavy atom. The summed E-state index contributed by atoms with van der Waals surface area (Å²) in [5.74, 6) is -0.810. The average Bonchev–Trinajstić information content (AvgIpc) is 3.18. The van der Waals surface area contributed by atoms with Crippen molar-refractivity contribution in [1.29, 1.82) is 0 Å². The number of rotatable bonds is 5. The molecule has 2 atom stereocenters. The van der Waals surface area contributed by atoms with Crippen LogP contribution in [0.25, 0.3) is 0 Å². The third-order valence-electron chi connectivity index (χ3n) is 5.51. The predicted octanol–water partition coefficient (Wildman–Crippen LogP) is 0.991. The van der Waals surface area contributed by atoms with Crippen LogP contribution in [0.1, 0.15) is 24.8 Å². The highest BCUT2D eigenvalue weighted by molar-refractivity contribution is 7.89. The van der Waals surface area contributed by atoms with Gasteiger partial charge in [0.1, 0.15) is 0 Å². The third kappa shape index (κ3) is 3.28. The maximum atomic E-state index is 12.4. The van der Waals surface area contributed by atoms with Crippen LogP contribution in [0.3, 0.4) is 0 Å². The summed E-state index contributed by atoms with van der Waals surface area (Å²) in [6.07, 6.45) is 2.33. The van der Waals surface area contributed by atoms with Crippen LogP contribution in [-0.4, -0.2) is 50.6 Å². The Kier molecular flexibility index (Phi) is 4.94. The molecular weight excluding hydrogens is 358 g/mol. The monoisotopic (exact) mass is 381 g/mol. The number of benzene rings is 1. The molecule has 9 heteroatoms. The largest absolute Gasteiger partial charge is 0.481 e. The quantitative estimate of drug-likeness (QED) is 0.703. The number of aliphatic carboxylic acids is 1. The van der Waals surface area contributed by atoms with Crippen LogP contribution in [0.5, 0.6) is 0 Å². The number of sulfonamides is 1. The normalized spacial score (nSPS) is 25.1. The van der Waals surface area contributed by atoms with Crippen molar-refractivity contribution in [3.63, 3.8) is 0 Å². The average molecular weight is 381 g/mol. The van der Waals surface area contributed by atoms with Crippen molar-refractivity contribution in [1.82, 2.24) is 14.9 Å². The lowest BCUT2D eigenvalue weighted by Crippen LogP contribution is -2.41. The van der Waals surface area contributed by atoms with Crippen molar-refractivity contribution in [3.05, 3.63) is 29.8 Å². The van der Waals surface area contributed by atoms with E-state index < -0.39 is 21.4 Å². The number of amides is 2. The van der Waals surface area contributed by atoms with Crippen LogP contribution >= 0.6 is 0 Å². The number of carbonyl (C=O) groups is 2. The van der Waals surface area contributed by atoms with Gasteiger partial charge in [-0.2, -0.15) is 0 Å². The lowest BCUT2D eigenvalue weighted by atomic mass is 9.81. The summed E-state index contributed by atoms with van der Waals surface area (Å²) >= 11 is 0. The van der Waals surface area contributed by atoms with Crippen LogP contribution in [-0.2, 0) is 21.4 Å². The van der Waals surface area contributed by atoms with Gasteiger partial charge in [0.25, 0.3) is 0 Å². The molecular formula is C17H23N3O5S. The van der Waals surface area contributed by atoms with E-state index in [1.54, 1.807) is 17.0 Å². The molecule has 1 aromatic carbocycles. The van der Waals surface area contributed by atoms with E-state index in [0.29, 0.717) is 18.5 Å². The molecule has 26 heavy (non-hydrogen) atoms. The molecule has 2 fully saturated rings. The Bertz CT molecular complexity index is 825. The topological polar surface area (TPSA) is 116 Å². The fraction of sp³-hybridized carbons (Fsp3) is 0.529. The van der Waals surface area contributed by atoms with Gasteiger partial charge in [-0.1, -0.05) is 18.6 Å². The molecule has 3 N–H and O–H groups in total. The van der Waals surface area contributed by atoms with Crippen LogP contribution < -0.4 is 10.0 Å². The Labute approximate surface area is 152 Å². The van der Waals surface area contributed by atoms with Crippen molar-refractivity contribution >= 4 is 22.0 Å². The molecule has 8 nitrogen and oxygen atoms in total. The second-order valence-electron chi connectivity index (χ2n) is 6.94. The zero-order valence-corrected chi connectivity index (χ0v) is 15.4. The van der Waals surface area contributed by atoms with E-state index in [-0.39, 0.29) is 29.9 Å². The number of urea groups is 1. The minimum atomic E-state index is -3.54. The van der Waals surface area contributed by atoms with Gasteiger partial charge in [0.2, 0.25) is 10.0 Å². The first-order chi connectivity index (χ1) is 12.3. The van der Waals surface area contributed by atoms with Crippen LogP contribution in [0.4, 0.5) is 4.79 Å². The molecule has 0 unspecified atom stereocenters. The molecule has 0 spiro atoms. The lowest BCUT2D eigenvalue weighted by Gasteiger charge is -2.23. The van der Waals surface area contributed by atoms with Crippen LogP contribution in [0.2, 0.25) is 0 Å². The number of nitrogens with one attached hydrogen (secondary N) is 2. The van der Waals surface area contributed by atoms with Gasteiger partial charge < -0.3 is 15.3 Å². The molecule has 0 aromatic heterocycles. The minimum Gasteiger partial charge on any atom is -0.481 e. The summed E-state index contributed by atoms with van der Waals surface area (Å²) in [7, 11) is -2.20. The van der Waals surface area contributed by atoms with Gasteiger partial charge in [0.15, 0.2) is 0 Å². The molecule has 3 rings (SSSR count). The van der Waals surface area contributed by atoms with Crippen molar-refractivity contribution in [2.75, 3.05) is 20.1 Å². The van der Waals surface area contributed by atoms with Gasteiger partial charge in [-0.25, -0.2) is 17.9 Å². The molecule has 1 heterocycles. The molecule has 2 aliphatic rings. The van der Waals surface area contributed by atoms with E-state index in [9.17, 15) is 23.1 Å². The van der Waals surface area contributed by atoms with Crippen molar-refractivity contribution in [2.45, 2.75) is 30.7 Å². The number of fused-ring (bicyclic) bond motifs is 1. The second kappa shape index (κ2) is 6.88. The number of likely N-dealkylation sites (tertiary alicyclic amines) is 1. The number of carboxylic acid groups (broad SMARTS) is 1. The highest BCUT2D eigenvalue weighted by Crippen LogP contribution is 2.48. The molecule has 1 saturated carbocycles. The highest BCUT2D eigenvalue weighted by Gasteiger charge is 2.55. The van der Waals surface area contributed by atoms with E-state index >= 15 is 0 Å². The van der Waals surface area contributed by atoms with Crippen molar-refractivity contribution in [2.24, 2.45) is 11.3 Å². The molecule has 0 bridgehead atoms. The fourth-order valence-electron chi connectivity index (χ4n) is 4.02. The van der Waals surface area contributed by atoms with Gasteiger partial charge in [-0.3, -0.25) is 4.79 Å². The Balaban J connectivity index is 1.64. The lowest BCUT2D eigenvalue weighted by molar-refractivity contribution is -0.149. The SMILES string of the molecule is CNS(=O)(=O)c1cccc(CNC(=O)N2C[C@@H]3CCC[C@@]3(C(=O)O)C2)c1. The number of hydrogen-bond donors (Lipinski definition) is 3. The van der Waals surface area contributed by atoms with Crippen LogP contribution in [0.15, 0.2) is 29.2 Å². The number of hydrogen-bond acceptors (Lipinski definition) is 4. The second-order valence-corrected chi connectivity index (χ2v) is 8.83. The van der Waals surface area contributed by atoms with E-state index in [0.717, 1.165) is 12.8 Å². The van der Waals surface area contributed by atoms with Gasteiger partial charge in [-0.05, 0) is 43.5 Å². The Hall–Kier alpha value is -2.13. The minimum absolute atomic E-state index is 0.00912. The molecule has 142 valence electrons. The van der Waals surface area contributed by atoms with Gasteiger partial charge in [-0.15, -0.1) is 0 Å². The maximum Gasteiger partial charge on any atom is 0.317 e. The molecule has 1 aromatic rings. The standard InChI is InChI=1S/C17H23N3O5S/c1-18-26(24,25)14-6-2-4-12(8-14)9-19-16(23)20-10-13-5-3-7-17(13,11-20)15(21)22/h2,4,6,8,13,18H,3,5,7,9-11H2,1H3,(H,19,23)(H,21,22)/t13-,17+/m0/s1. The third-order valence-corrected chi connectivity index (χ3v) is 6.92.